The van der Waals surface area contributed by atoms with Gasteiger partial charge in [0.05, 0.1) is 12.3 Å². The van der Waals surface area contributed by atoms with E-state index in [0.717, 1.165) is 22.8 Å². The van der Waals surface area contributed by atoms with Crippen LogP contribution < -0.4 is 10.1 Å². The number of hydrogen-bond donors (Lipinski definition) is 1. The van der Waals surface area contributed by atoms with E-state index in [1.165, 1.54) is 0 Å². The standard InChI is InChI=1S/C13H16N4O/c1-9(2)18-11-6-10(7-15-8-11)12-13(14-3)17-5-4-16-12/h4-9H,1-3H3,(H,14,17). The van der Waals surface area contributed by atoms with E-state index in [2.05, 4.69) is 20.3 Å². The molecule has 2 aromatic rings. The molecule has 2 aromatic heterocycles. The average molecular weight is 244 g/mol. The van der Waals surface area contributed by atoms with Crippen molar-refractivity contribution in [3.05, 3.63) is 30.9 Å². The Morgan fingerprint density at radius 3 is 2.67 bits per heavy atom. The summed E-state index contributed by atoms with van der Waals surface area (Å²) in [5.41, 5.74) is 1.65. The fourth-order valence-electron chi connectivity index (χ4n) is 1.62. The Kier molecular flexibility index (Phi) is 3.72. The van der Waals surface area contributed by atoms with Gasteiger partial charge in [0.1, 0.15) is 11.4 Å². The maximum absolute atomic E-state index is 5.62. The zero-order chi connectivity index (χ0) is 13.0. The molecule has 0 aromatic carbocycles. The predicted molar refractivity (Wildman–Crippen MR) is 70.6 cm³/mol. The Morgan fingerprint density at radius 2 is 1.94 bits per heavy atom. The lowest BCUT2D eigenvalue weighted by molar-refractivity contribution is 0.241. The first-order chi connectivity index (χ1) is 8.70. The summed E-state index contributed by atoms with van der Waals surface area (Å²) in [5.74, 6) is 1.45. The van der Waals surface area contributed by atoms with Crippen molar-refractivity contribution in [2.24, 2.45) is 0 Å². The summed E-state index contributed by atoms with van der Waals surface area (Å²) in [6.45, 7) is 3.96. The zero-order valence-corrected chi connectivity index (χ0v) is 10.7. The van der Waals surface area contributed by atoms with Crippen molar-refractivity contribution in [2.75, 3.05) is 12.4 Å². The van der Waals surface area contributed by atoms with Gasteiger partial charge in [-0.1, -0.05) is 0 Å². The third-order valence-electron chi connectivity index (χ3n) is 2.29. The highest BCUT2D eigenvalue weighted by atomic mass is 16.5. The van der Waals surface area contributed by atoms with E-state index in [0.29, 0.717) is 0 Å². The van der Waals surface area contributed by atoms with Crippen LogP contribution in [0.25, 0.3) is 11.3 Å². The summed E-state index contributed by atoms with van der Waals surface area (Å²) in [7, 11) is 1.81. The first-order valence-corrected chi connectivity index (χ1v) is 5.81. The molecule has 1 N–H and O–H groups in total. The van der Waals surface area contributed by atoms with Gasteiger partial charge in [-0.15, -0.1) is 0 Å². The molecule has 0 bridgehead atoms. The Labute approximate surface area is 106 Å². The predicted octanol–water partition coefficient (Wildman–Crippen LogP) is 2.37. The van der Waals surface area contributed by atoms with Crippen molar-refractivity contribution < 1.29 is 4.74 Å². The Morgan fingerprint density at radius 1 is 1.17 bits per heavy atom. The van der Waals surface area contributed by atoms with Gasteiger partial charge in [0.15, 0.2) is 5.82 Å². The largest absolute Gasteiger partial charge is 0.489 e. The molecule has 0 saturated heterocycles. The van der Waals surface area contributed by atoms with Gasteiger partial charge < -0.3 is 10.1 Å². The normalized spacial score (nSPS) is 10.4. The molecule has 0 unspecified atom stereocenters. The van der Waals surface area contributed by atoms with Crippen LogP contribution in [0.5, 0.6) is 5.75 Å². The molecule has 0 saturated carbocycles. The second-order valence-corrected chi connectivity index (χ2v) is 4.08. The zero-order valence-electron chi connectivity index (χ0n) is 10.7. The molecule has 0 aliphatic carbocycles. The third kappa shape index (κ3) is 2.74. The van der Waals surface area contributed by atoms with Crippen LogP contribution in [0.2, 0.25) is 0 Å². The fraction of sp³-hybridized carbons (Fsp3) is 0.308. The maximum Gasteiger partial charge on any atom is 0.152 e. The van der Waals surface area contributed by atoms with E-state index < -0.39 is 0 Å². The molecule has 0 radical (unpaired) electrons. The van der Waals surface area contributed by atoms with Crippen molar-refractivity contribution >= 4 is 5.82 Å². The Hall–Kier alpha value is -2.17. The number of nitrogens with zero attached hydrogens (tertiary/aromatic N) is 3. The lowest BCUT2D eigenvalue weighted by Gasteiger charge is -2.11. The molecule has 0 atom stereocenters. The van der Waals surface area contributed by atoms with Gasteiger partial charge in [0, 0.05) is 31.2 Å². The average Bonchev–Trinajstić information content (AvgIpc) is 2.38. The summed E-state index contributed by atoms with van der Waals surface area (Å²) in [6.07, 6.45) is 6.87. The summed E-state index contributed by atoms with van der Waals surface area (Å²) >= 11 is 0. The molecule has 5 heteroatoms. The van der Waals surface area contributed by atoms with Gasteiger partial charge in [0.2, 0.25) is 0 Å². The SMILES string of the molecule is CNc1nccnc1-c1cncc(OC(C)C)c1. The highest BCUT2D eigenvalue weighted by Crippen LogP contribution is 2.25. The minimum Gasteiger partial charge on any atom is -0.489 e. The molecule has 0 spiro atoms. The minimum absolute atomic E-state index is 0.118. The van der Waals surface area contributed by atoms with Crippen molar-refractivity contribution in [1.82, 2.24) is 15.0 Å². The first-order valence-electron chi connectivity index (χ1n) is 5.81. The topological polar surface area (TPSA) is 59.9 Å². The summed E-state index contributed by atoms with van der Waals surface area (Å²) in [5, 5.41) is 3.01. The summed E-state index contributed by atoms with van der Waals surface area (Å²) in [6, 6.07) is 1.91. The monoisotopic (exact) mass is 244 g/mol. The number of rotatable bonds is 4. The molecular weight excluding hydrogens is 228 g/mol. The van der Waals surface area contributed by atoms with Crippen LogP contribution in [0.1, 0.15) is 13.8 Å². The van der Waals surface area contributed by atoms with Crippen molar-refractivity contribution in [3.63, 3.8) is 0 Å². The molecule has 0 aliphatic rings. The quantitative estimate of drug-likeness (QED) is 0.894. The van der Waals surface area contributed by atoms with E-state index in [-0.39, 0.29) is 6.10 Å². The highest BCUT2D eigenvalue weighted by molar-refractivity contribution is 5.71. The second kappa shape index (κ2) is 5.44. The van der Waals surface area contributed by atoms with Crippen LogP contribution in [-0.4, -0.2) is 28.1 Å². The van der Waals surface area contributed by atoms with Gasteiger partial charge >= 0.3 is 0 Å². The van der Waals surface area contributed by atoms with E-state index in [1.807, 2.05) is 27.0 Å². The Bertz CT molecular complexity index is 528. The summed E-state index contributed by atoms with van der Waals surface area (Å²) in [4.78, 5) is 12.7. The van der Waals surface area contributed by atoms with Crippen LogP contribution in [0.15, 0.2) is 30.9 Å². The Balaban J connectivity index is 2.38. The molecular formula is C13H16N4O. The molecule has 0 aliphatic heterocycles. The highest BCUT2D eigenvalue weighted by Gasteiger charge is 2.08. The molecule has 18 heavy (non-hydrogen) atoms. The molecule has 2 heterocycles. The summed E-state index contributed by atoms with van der Waals surface area (Å²) < 4.78 is 5.62. The van der Waals surface area contributed by atoms with E-state index >= 15 is 0 Å². The van der Waals surface area contributed by atoms with Crippen molar-refractivity contribution in [1.29, 1.82) is 0 Å². The molecule has 94 valence electrons. The van der Waals surface area contributed by atoms with Gasteiger partial charge in [0.25, 0.3) is 0 Å². The van der Waals surface area contributed by atoms with Crippen molar-refractivity contribution in [2.45, 2.75) is 20.0 Å². The lowest BCUT2D eigenvalue weighted by atomic mass is 10.2. The smallest absolute Gasteiger partial charge is 0.152 e. The van der Waals surface area contributed by atoms with Crippen LogP contribution in [-0.2, 0) is 0 Å². The van der Waals surface area contributed by atoms with Crippen LogP contribution in [0.4, 0.5) is 5.82 Å². The van der Waals surface area contributed by atoms with Crippen LogP contribution in [0.3, 0.4) is 0 Å². The van der Waals surface area contributed by atoms with E-state index in [9.17, 15) is 0 Å². The van der Waals surface area contributed by atoms with Gasteiger partial charge in [-0.3, -0.25) is 9.97 Å². The van der Waals surface area contributed by atoms with Gasteiger partial charge in [-0.05, 0) is 19.9 Å². The third-order valence-corrected chi connectivity index (χ3v) is 2.29. The van der Waals surface area contributed by atoms with E-state index in [4.69, 9.17) is 4.74 Å². The van der Waals surface area contributed by atoms with Gasteiger partial charge in [-0.25, -0.2) is 4.98 Å². The van der Waals surface area contributed by atoms with Gasteiger partial charge in [-0.2, -0.15) is 0 Å². The van der Waals surface area contributed by atoms with Crippen LogP contribution >= 0.6 is 0 Å². The number of anilines is 1. The number of hydrogen-bond acceptors (Lipinski definition) is 5. The lowest BCUT2D eigenvalue weighted by Crippen LogP contribution is -2.06. The molecule has 0 amide bonds. The number of nitrogens with one attached hydrogen (secondary N) is 1. The number of aromatic nitrogens is 3. The second-order valence-electron chi connectivity index (χ2n) is 4.08. The van der Waals surface area contributed by atoms with Crippen LogP contribution in [0, 0.1) is 0 Å². The molecule has 0 fully saturated rings. The minimum atomic E-state index is 0.118. The molecule has 5 nitrogen and oxygen atoms in total. The fourth-order valence-corrected chi connectivity index (χ4v) is 1.62. The number of ether oxygens (including phenoxy) is 1. The molecule has 2 rings (SSSR count). The number of pyridine rings is 1. The first kappa shape index (κ1) is 12.3. The van der Waals surface area contributed by atoms with E-state index in [1.54, 1.807) is 24.8 Å². The maximum atomic E-state index is 5.62. The van der Waals surface area contributed by atoms with Crippen molar-refractivity contribution in [3.8, 4) is 17.0 Å².